The molecule has 0 saturated heterocycles. The van der Waals surface area contributed by atoms with Crippen molar-refractivity contribution in [3.8, 4) is 0 Å². The number of H-pyrrole nitrogens is 1. The second-order valence-corrected chi connectivity index (χ2v) is 3.91. The predicted octanol–water partition coefficient (Wildman–Crippen LogP) is 3.27. The van der Waals surface area contributed by atoms with Crippen LogP contribution in [-0.4, -0.2) is 16.1 Å². The quantitative estimate of drug-likeness (QED) is 0.680. The minimum absolute atomic E-state index is 0.116. The molecule has 0 atom stereocenters. The monoisotopic (exact) mass is 235 g/mol. The molecule has 0 fully saturated rings. The zero-order chi connectivity index (χ0) is 11.3. The molecule has 0 amide bonds. The number of hydrogen-bond donors (Lipinski definition) is 2. The van der Waals surface area contributed by atoms with Gasteiger partial charge in [0.1, 0.15) is 11.3 Å². The molecule has 0 aliphatic carbocycles. The summed E-state index contributed by atoms with van der Waals surface area (Å²) in [7, 11) is 0. The van der Waals surface area contributed by atoms with Crippen LogP contribution in [0.15, 0.2) is 28.7 Å². The molecule has 1 aromatic carbocycles. The highest BCUT2D eigenvalue weighted by molar-refractivity contribution is 6.31. The van der Waals surface area contributed by atoms with E-state index in [1.165, 1.54) is 0 Å². The molecule has 0 aliphatic rings. The average Bonchev–Trinajstić information content (AvgIpc) is 2.73. The van der Waals surface area contributed by atoms with Crippen LogP contribution in [-0.2, 0) is 0 Å². The highest BCUT2D eigenvalue weighted by Gasteiger charge is 2.13. The highest BCUT2D eigenvalue weighted by Crippen LogP contribution is 2.30. The molecule has 16 heavy (non-hydrogen) atoms. The Labute approximate surface area is 94.4 Å². The second kappa shape index (κ2) is 3.02. The standard InChI is InChI=1S/C11H6ClNO3/c12-5-1-2-6-7-4-8(11(14)15)13-10(7)16-9(6)3-5/h1-4,13H,(H,14,15). The van der Waals surface area contributed by atoms with Gasteiger partial charge in [0.25, 0.3) is 0 Å². The summed E-state index contributed by atoms with van der Waals surface area (Å²) in [5.41, 5.74) is 1.21. The van der Waals surface area contributed by atoms with E-state index in [0.29, 0.717) is 16.3 Å². The van der Waals surface area contributed by atoms with Gasteiger partial charge in [-0.1, -0.05) is 11.6 Å². The number of fused-ring (bicyclic) bond motifs is 3. The number of rotatable bonds is 1. The van der Waals surface area contributed by atoms with E-state index in [1.54, 1.807) is 18.2 Å². The van der Waals surface area contributed by atoms with Crippen LogP contribution in [0.2, 0.25) is 5.02 Å². The maximum atomic E-state index is 10.8. The van der Waals surface area contributed by atoms with Crippen molar-refractivity contribution < 1.29 is 14.3 Å². The number of benzene rings is 1. The van der Waals surface area contributed by atoms with Crippen LogP contribution in [0, 0.1) is 0 Å². The van der Waals surface area contributed by atoms with Crippen molar-refractivity contribution in [2.75, 3.05) is 0 Å². The minimum atomic E-state index is -1.01. The normalized spacial score (nSPS) is 11.3. The molecular weight excluding hydrogens is 230 g/mol. The lowest BCUT2D eigenvalue weighted by Crippen LogP contribution is -1.94. The number of aromatic carboxylic acids is 1. The van der Waals surface area contributed by atoms with Crippen molar-refractivity contribution in [1.29, 1.82) is 0 Å². The summed E-state index contributed by atoms with van der Waals surface area (Å²) < 4.78 is 5.46. The Hall–Kier alpha value is -1.94. The summed E-state index contributed by atoms with van der Waals surface area (Å²) in [5, 5.41) is 11.0. The second-order valence-electron chi connectivity index (χ2n) is 3.47. The van der Waals surface area contributed by atoms with Crippen LogP contribution in [0.4, 0.5) is 0 Å². The Balaban J connectivity index is 2.38. The van der Waals surface area contributed by atoms with Gasteiger partial charge < -0.3 is 14.5 Å². The van der Waals surface area contributed by atoms with Crippen LogP contribution in [0.1, 0.15) is 10.5 Å². The van der Waals surface area contributed by atoms with Crippen LogP contribution in [0.3, 0.4) is 0 Å². The van der Waals surface area contributed by atoms with Gasteiger partial charge in [0.05, 0.1) is 0 Å². The Bertz CT molecular complexity index is 710. The Morgan fingerprint density at radius 1 is 1.31 bits per heavy atom. The fourth-order valence-corrected chi connectivity index (χ4v) is 1.91. The summed E-state index contributed by atoms with van der Waals surface area (Å²) in [4.78, 5) is 13.5. The molecule has 0 aliphatic heterocycles. The van der Waals surface area contributed by atoms with E-state index in [2.05, 4.69) is 4.98 Å². The average molecular weight is 236 g/mol. The van der Waals surface area contributed by atoms with E-state index in [4.69, 9.17) is 21.1 Å². The van der Waals surface area contributed by atoms with Crippen molar-refractivity contribution >= 4 is 39.6 Å². The van der Waals surface area contributed by atoms with Crippen LogP contribution in [0.5, 0.6) is 0 Å². The molecule has 0 spiro atoms. The smallest absolute Gasteiger partial charge is 0.352 e. The SMILES string of the molecule is O=C(O)c1cc2c([nH]1)oc1cc(Cl)ccc12. The van der Waals surface area contributed by atoms with Crippen LogP contribution >= 0.6 is 11.6 Å². The third kappa shape index (κ3) is 1.20. The van der Waals surface area contributed by atoms with E-state index in [9.17, 15) is 4.79 Å². The lowest BCUT2D eigenvalue weighted by molar-refractivity contribution is 0.0691. The summed E-state index contributed by atoms with van der Waals surface area (Å²) in [5.74, 6) is -1.01. The van der Waals surface area contributed by atoms with Gasteiger partial charge in [0, 0.05) is 21.9 Å². The van der Waals surface area contributed by atoms with Crippen molar-refractivity contribution in [2.24, 2.45) is 0 Å². The number of furan rings is 1. The zero-order valence-electron chi connectivity index (χ0n) is 7.95. The molecule has 0 saturated carbocycles. The van der Waals surface area contributed by atoms with E-state index in [-0.39, 0.29) is 5.69 Å². The van der Waals surface area contributed by atoms with Gasteiger partial charge in [0.15, 0.2) is 0 Å². The first-order chi connectivity index (χ1) is 7.65. The molecule has 5 heteroatoms. The lowest BCUT2D eigenvalue weighted by Gasteiger charge is -1.89. The fraction of sp³-hybridized carbons (Fsp3) is 0. The van der Waals surface area contributed by atoms with Gasteiger partial charge in [-0.05, 0) is 18.2 Å². The third-order valence-electron chi connectivity index (χ3n) is 2.46. The molecule has 80 valence electrons. The number of aromatic nitrogens is 1. The molecule has 3 aromatic rings. The number of carboxylic acid groups (broad SMARTS) is 1. The molecule has 3 rings (SSSR count). The van der Waals surface area contributed by atoms with Crippen molar-refractivity contribution in [1.82, 2.24) is 4.98 Å². The van der Waals surface area contributed by atoms with E-state index < -0.39 is 5.97 Å². The van der Waals surface area contributed by atoms with Crippen molar-refractivity contribution in [3.63, 3.8) is 0 Å². The molecule has 0 unspecified atom stereocenters. The van der Waals surface area contributed by atoms with E-state index in [1.807, 2.05) is 6.07 Å². The van der Waals surface area contributed by atoms with Gasteiger partial charge in [-0.25, -0.2) is 4.79 Å². The molecular formula is C11H6ClNO3. The van der Waals surface area contributed by atoms with Crippen LogP contribution < -0.4 is 0 Å². The molecule has 0 radical (unpaired) electrons. The molecule has 2 heterocycles. The first kappa shape index (κ1) is 9.30. The molecule has 2 aromatic heterocycles. The Kier molecular flexibility index (Phi) is 1.76. The maximum Gasteiger partial charge on any atom is 0.352 e. The van der Waals surface area contributed by atoms with E-state index in [0.717, 1.165) is 10.8 Å². The summed E-state index contributed by atoms with van der Waals surface area (Å²) in [6.07, 6.45) is 0. The maximum absolute atomic E-state index is 10.8. The third-order valence-corrected chi connectivity index (χ3v) is 2.69. The lowest BCUT2D eigenvalue weighted by atomic mass is 10.2. The van der Waals surface area contributed by atoms with Gasteiger partial charge in [-0.2, -0.15) is 0 Å². The number of nitrogens with one attached hydrogen (secondary N) is 1. The zero-order valence-corrected chi connectivity index (χ0v) is 8.71. The highest BCUT2D eigenvalue weighted by atomic mass is 35.5. The predicted molar refractivity (Wildman–Crippen MR) is 60.0 cm³/mol. The number of halogens is 1. The number of carbonyl (C=O) groups is 1. The minimum Gasteiger partial charge on any atom is -0.477 e. The summed E-state index contributed by atoms with van der Waals surface area (Å²) in [6, 6.07) is 6.80. The summed E-state index contributed by atoms with van der Waals surface area (Å²) >= 11 is 5.83. The first-order valence-electron chi connectivity index (χ1n) is 4.59. The van der Waals surface area contributed by atoms with Gasteiger partial charge in [-0.15, -0.1) is 0 Å². The van der Waals surface area contributed by atoms with Gasteiger partial charge >= 0.3 is 5.97 Å². The number of carboxylic acids is 1. The largest absolute Gasteiger partial charge is 0.477 e. The number of hydrogen-bond acceptors (Lipinski definition) is 2. The van der Waals surface area contributed by atoms with Crippen molar-refractivity contribution in [2.45, 2.75) is 0 Å². The first-order valence-corrected chi connectivity index (χ1v) is 4.97. The molecule has 2 N–H and O–H groups in total. The van der Waals surface area contributed by atoms with Gasteiger partial charge in [-0.3, -0.25) is 0 Å². The van der Waals surface area contributed by atoms with Gasteiger partial charge in [0.2, 0.25) is 5.71 Å². The van der Waals surface area contributed by atoms with E-state index >= 15 is 0 Å². The molecule has 4 nitrogen and oxygen atoms in total. The molecule has 0 bridgehead atoms. The fourth-order valence-electron chi connectivity index (χ4n) is 1.74. The van der Waals surface area contributed by atoms with Crippen LogP contribution in [0.25, 0.3) is 22.1 Å². The topological polar surface area (TPSA) is 66.2 Å². The van der Waals surface area contributed by atoms with Crippen molar-refractivity contribution in [3.05, 3.63) is 35.0 Å². The number of aromatic amines is 1. The Morgan fingerprint density at radius 3 is 2.88 bits per heavy atom. The Morgan fingerprint density at radius 2 is 2.12 bits per heavy atom. The summed E-state index contributed by atoms with van der Waals surface area (Å²) in [6.45, 7) is 0.